The van der Waals surface area contributed by atoms with Gasteiger partial charge in [0.05, 0.1) is 12.2 Å². The van der Waals surface area contributed by atoms with Crippen molar-refractivity contribution in [3.63, 3.8) is 0 Å². The second-order valence-corrected chi connectivity index (χ2v) is 13.6. The Balaban J connectivity index is 2.08. The first kappa shape index (κ1) is 22.0. The molecule has 0 amide bonds. The molecule has 28 heavy (non-hydrogen) atoms. The number of halogens is 1. The zero-order valence-electron chi connectivity index (χ0n) is 17.2. The zero-order valence-corrected chi connectivity index (χ0v) is 20.4. The Morgan fingerprint density at radius 1 is 0.964 bits per heavy atom. The Kier molecular flexibility index (Phi) is 7.36. The molecule has 1 unspecified atom stereocenters. The average Bonchev–Trinajstić information content (AvgIpc) is 2.72. The van der Waals surface area contributed by atoms with E-state index in [1.165, 1.54) is 10.4 Å². The third kappa shape index (κ3) is 4.54. The van der Waals surface area contributed by atoms with Gasteiger partial charge < -0.3 is 13.9 Å². The van der Waals surface area contributed by atoms with Gasteiger partial charge in [0.1, 0.15) is 0 Å². The van der Waals surface area contributed by atoms with Crippen LogP contribution in [0, 0.1) is 0 Å². The van der Waals surface area contributed by atoms with Crippen molar-refractivity contribution in [2.45, 2.75) is 57.1 Å². The lowest BCUT2D eigenvalue weighted by atomic mass is 10.1. The van der Waals surface area contributed by atoms with Crippen LogP contribution in [0.1, 0.15) is 33.6 Å². The van der Waals surface area contributed by atoms with E-state index in [-0.39, 0.29) is 23.5 Å². The number of alkyl halides is 1. The van der Waals surface area contributed by atoms with Crippen LogP contribution in [0.4, 0.5) is 0 Å². The fourth-order valence-corrected chi connectivity index (χ4v) is 9.49. The molecule has 1 heterocycles. The maximum atomic E-state index is 7.26. The van der Waals surface area contributed by atoms with Crippen LogP contribution in [-0.2, 0) is 13.9 Å². The van der Waals surface area contributed by atoms with Crippen LogP contribution in [0.5, 0.6) is 0 Å². The van der Waals surface area contributed by atoms with Crippen LogP contribution in [0.25, 0.3) is 0 Å². The van der Waals surface area contributed by atoms with Crippen LogP contribution in [0.3, 0.4) is 0 Å². The van der Waals surface area contributed by atoms with Crippen molar-refractivity contribution in [1.29, 1.82) is 0 Å². The van der Waals surface area contributed by atoms with Crippen molar-refractivity contribution in [3.05, 3.63) is 60.7 Å². The van der Waals surface area contributed by atoms with Gasteiger partial charge in [-0.05, 0) is 21.8 Å². The molecule has 2 aromatic rings. The molecule has 1 aliphatic rings. The molecule has 0 bridgehead atoms. The summed E-state index contributed by atoms with van der Waals surface area (Å²) in [7, 11) is -0.813. The highest BCUT2D eigenvalue weighted by Gasteiger charge is 2.52. The van der Waals surface area contributed by atoms with E-state index in [2.05, 4.69) is 104 Å². The standard InChI is InChI=1S/C23H31IO3Si/c1-23(2,3)28(20-11-7-5-8-12-20,21-13-9-6-10-14-21)27-18-15-19(17-24)26-22(16-18)25-4/h5-14,18-19,22H,15-17H2,1-4H3/t18-,19+,22?/m1/s1. The maximum absolute atomic E-state index is 7.26. The summed E-state index contributed by atoms with van der Waals surface area (Å²) in [6, 6.07) is 21.7. The summed E-state index contributed by atoms with van der Waals surface area (Å²) in [5, 5.41) is 2.62. The Morgan fingerprint density at radius 3 is 1.93 bits per heavy atom. The fraction of sp³-hybridized carbons (Fsp3) is 0.478. The first-order chi connectivity index (χ1) is 13.4. The molecule has 1 saturated heterocycles. The van der Waals surface area contributed by atoms with Crippen LogP contribution < -0.4 is 10.4 Å². The minimum Gasteiger partial charge on any atom is -0.404 e. The van der Waals surface area contributed by atoms with Crippen molar-refractivity contribution in [1.82, 2.24) is 0 Å². The second kappa shape index (κ2) is 9.39. The number of hydrogen-bond donors (Lipinski definition) is 0. The van der Waals surface area contributed by atoms with Gasteiger partial charge in [0, 0.05) is 18.0 Å². The van der Waals surface area contributed by atoms with Gasteiger partial charge in [0.2, 0.25) is 0 Å². The van der Waals surface area contributed by atoms with Crippen LogP contribution in [0.2, 0.25) is 5.04 Å². The van der Waals surface area contributed by atoms with E-state index < -0.39 is 8.32 Å². The molecular weight excluding hydrogens is 479 g/mol. The minimum atomic E-state index is -2.53. The third-order valence-electron chi connectivity index (χ3n) is 5.52. The van der Waals surface area contributed by atoms with Gasteiger partial charge >= 0.3 is 0 Å². The molecule has 0 N–H and O–H groups in total. The molecule has 0 radical (unpaired) electrons. The van der Waals surface area contributed by atoms with Crippen molar-refractivity contribution in [3.8, 4) is 0 Å². The van der Waals surface area contributed by atoms with E-state index in [4.69, 9.17) is 13.9 Å². The molecular formula is C23H31IO3Si. The van der Waals surface area contributed by atoms with E-state index in [1.807, 2.05) is 0 Å². The molecule has 0 aromatic heterocycles. The quantitative estimate of drug-likeness (QED) is 0.325. The number of hydrogen-bond acceptors (Lipinski definition) is 3. The molecule has 152 valence electrons. The highest BCUT2D eigenvalue weighted by molar-refractivity contribution is 14.1. The molecule has 0 aliphatic carbocycles. The topological polar surface area (TPSA) is 27.7 Å². The van der Waals surface area contributed by atoms with Crippen molar-refractivity contribution >= 4 is 41.3 Å². The van der Waals surface area contributed by atoms with E-state index in [9.17, 15) is 0 Å². The third-order valence-corrected chi connectivity index (χ3v) is 11.6. The van der Waals surface area contributed by atoms with Crippen molar-refractivity contribution < 1.29 is 13.9 Å². The van der Waals surface area contributed by atoms with Gasteiger partial charge in [-0.15, -0.1) is 0 Å². The monoisotopic (exact) mass is 510 g/mol. The van der Waals surface area contributed by atoms with Gasteiger partial charge in [-0.2, -0.15) is 0 Å². The number of ether oxygens (including phenoxy) is 2. The fourth-order valence-electron chi connectivity index (χ4n) is 4.22. The molecule has 1 fully saturated rings. The Labute approximate surface area is 184 Å². The Hall–Kier alpha value is -0.733. The first-order valence-corrected chi connectivity index (χ1v) is 13.4. The summed E-state index contributed by atoms with van der Waals surface area (Å²) in [5.74, 6) is 0. The van der Waals surface area contributed by atoms with Gasteiger partial charge in [-0.1, -0.05) is 104 Å². The molecule has 0 spiro atoms. The summed E-state index contributed by atoms with van der Waals surface area (Å²) < 4.78 is 19.8. The Bertz CT molecular complexity index is 681. The van der Waals surface area contributed by atoms with Gasteiger partial charge in [-0.25, -0.2) is 0 Å². The minimum absolute atomic E-state index is 0.0175. The smallest absolute Gasteiger partial charge is 0.261 e. The number of benzene rings is 2. The maximum Gasteiger partial charge on any atom is 0.261 e. The highest BCUT2D eigenvalue weighted by Crippen LogP contribution is 2.39. The molecule has 3 rings (SSSR count). The summed E-state index contributed by atoms with van der Waals surface area (Å²) in [6.45, 7) is 6.96. The van der Waals surface area contributed by atoms with E-state index >= 15 is 0 Å². The lowest BCUT2D eigenvalue weighted by Gasteiger charge is -2.47. The van der Waals surface area contributed by atoms with Gasteiger partial charge in [-0.3, -0.25) is 0 Å². The first-order valence-electron chi connectivity index (χ1n) is 9.94. The number of rotatable bonds is 6. The van der Waals surface area contributed by atoms with Crippen molar-refractivity contribution in [2.24, 2.45) is 0 Å². The van der Waals surface area contributed by atoms with E-state index in [0.717, 1.165) is 17.3 Å². The summed E-state index contributed by atoms with van der Waals surface area (Å²) in [4.78, 5) is 0. The normalized spacial score (nSPS) is 23.5. The van der Waals surface area contributed by atoms with Crippen LogP contribution in [0.15, 0.2) is 60.7 Å². The van der Waals surface area contributed by atoms with Crippen molar-refractivity contribution in [2.75, 3.05) is 11.5 Å². The molecule has 3 atom stereocenters. The van der Waals surface area contributed by atoms with E-state index in [0.29, 0.717) is 0 Å². The Morgan fingerprint density at radius 2 is 1.50 bits per heavy atom. The lowest BCUT2D eigenvalue weighted by molar-refractivity contribution is -0.194. The number of methoxy groups -OCH3 is 1. The summed E-state index contributed by atoms with van der Waals surface area (Å²) >= 11 is 2.39. The largest absolute Gasteiger partial charge is 0.404 e. The zero-order chi connectivity index (χ0) is 20.2. The average molecular weight is 510 g/mol. The van der Waals surface area contributed by atoms with E-state index in [1.54, 1.807) is 7.11 Å². The van der Waals surface area contributed by atoms with Crippen LogP contribution >= 0.6 is 22.6 Å². The molecule has 0 saturated carbocycles. The van der Waals surface area contributed by atoms with Gasteiger partial charge in [0.25, 0.3) is 8.32 Å². The predicted octanol–water partition coefficient (Wildman–Crippen LogP) is 4.52. The molecule has 1 aliphatic heterocycles. The molecule has 2 aromatic carbocycles. The lowest BCUT2D eigenvalue weighted by Crippen LogP contribution is -2.68. The van der Waals surface area contributed by atoms with Gasteiger partial charge in [0.15, 0.2) is 6.29 Å². The molecule has 5 heteroatoms. The second-order valence-electron chi connectivity index (χ2n) is 8.45. The predicted molar refractivity (Wildman–Crippen MR) is 126 cm³/mol. The molecule has 3 nitrogen and oxygen atoms in total. The summed E-state index contributed by atoms with van der Waals surface area (Å²) in [5.41, 5.74) is 0. The summed E-state index contributed by atoms with van der Waals surface area (Å²) in [6.07, 6.45) is 1.77. The SMILES string of the molecule is COC1C[C@H](O[Si](c2ccccc2)(c2ccccc2)C(C)(C)C)C[C@@H](CI)O1. The highest BCUT2D eigenvalue weighted by atomic mass is 127. The van der Waals surface area contributed by atoms with Crippen LogP contribution in [-0.4, -0.2) is 38.4 Å².